The highest BCUT2D eigenvalue weighted by Crippen LogP contribution is 2.24. The molecule has 1 aliphatic heterocycles. The van der Waals surface area contributed by atoms with E-state index in [0.29, 0.717) is 25.9 Å². The molecule has 0 spiro atoms. The highest BCUT2D eigenvalue weighted by molar-refractivity contribution is 5.94. The molecule has 6 heteroatoms. The first-order chi connectivity index (χ1) is 17.0. The lowest BCUT2D eigenvalue weighted by Gasteiger charge is -2.32. The summed E-state index contributed by atoms with van der Waals surface area (Å²) in [5, 5.41) is 3.24. The Bertz CT molecular complexity index is 1130. The van der Waals surface area contributed by atoms with Crippen molar-refractivity contribution >= 4 is 11.8 Å². The highest BCUT2D eigenvalue weighted by Gasteiger charge is 2.30. The van der Waals surface area contributed by atoms with Crippen LogP contribution in [0, 0.1) is 17.6 Å². The van der Waals surface area contributed by atoms with Crippen LogP contribution in [0.25, 0.3) is 0 Å². The molecule has 0 radical (unpaired) electrons. The molecule has 0 aromatic heterocycles. The first-order valence-electron chi connectivity index (χ1n) is 12.1. The predicted molar refractivity (Wildman–Crippen MR) is 132 cm³/mol. The van der Waals surface area contributed by atoms with E-state index in [-0.39, 0.29) is 23.4 Å². The molecule has 3 aromatic rings. The molecular formula is C29H30F2N2O2. The van der Waals surface area contributed by atoms with Crippen LogP contribution in [0.2, 0.25) is 0 Å². The first kappa shape index (κ1) is 24.6. The van der Waals surface area contributed by atoms with Gasteiger partial charge in [-0.25, -0.2) is 8.78 Å². The minimum atomic E-state index is -0.865. The maximum atomic E-state index is 14.0. The van der Waals surface area contributed by atoms with Crippen molar-refractivity contribution in [2.24, 2.45) is 5.92 Å². The molecule has 3 aromatic carbocycles. The van der Waals surface area contributed by atoms with Crippen molar-refractivity contribution in [1.29, 1.82) is 0 Å². The van der Waals surface area contributed by atoms with Crippen molar-refractivity contribution in [2.45, 2.75) is 38.1 Å². The van der Waals surface area contributed by atoms with Crippen LogP contribution < -0.4 is 5.32 Å². The summed E-state index contributed by atoms with van der Waals surface area (Å²) < 4.78 is 27.2. The van der Waals surface area contributed by atoms with Gasteiger partial charge in [-0.2, -0.15) is 0 Å². The van der Waals surface area contributed by atoms with Crippen LogP contribution in [0.15, 0.2) is 78.9 Å². The molecule has 1 unspecified atom stereocenters. The summed E-state index contributed by atoms with van der Waals surface area (Å²) >= 11 is 0. The van der Waals surface area contributed by atoms with Crippen molar-refractivity contribution in [3.8, 4) is 0 Å². The number of likely N-dealkylation sites (tertiary alicyclic amines) is 1. The molecule has 4 nitrogen and oxygen atoms in total. The predicted octanol–water partition coefficient (Wildman–Crippen LogP) is 5.70. The molecule has 1 atom stereocenters. The molecule has 1 aliphatic rings. The maximum absolute atomic E-state index is 14.0. The van der Waals surface area contributed by atoms with E-state index in [2.05, 4.69) is 17.4 Å². The second-order valence-electron chi connectivity index (χ2n) is 9.04. The van der Waals surface area contributed by atoms with Gasteiger partial charge >= 0.3 is 0 Å². The van der Waals surface area contributed by atoms with Gasteiger partial charge in [0.1, 0.15) is 11.6 Å². The van der Waals surface area contributed by atoms with Crippen LogP contribution in [-0.2, 0) is 11.2 Å². The number of halogens is 2. The number of carbonyl (C=O) groups excluding carboxylic acids is 2. The van der Waals surface area contributed by atoms with Gasteiger partial charge in [0.2, 0.25) is 5.91 Å². The second kappa shape index (κ2) is 11.7. The highest BCUT2D eigenvalue weighted by atomic mass is 19.1. The zero-order valence-corrected chi connectivity index (χ0v) is 19.6. The molecule has 4 rings (SSSR count). The van der Waals surface area contributed by atoms with Gasteiger partial charge in [-0.3, -0.25) is 9.59 Å². The van der Waals surface area contributed by atoms with Crippen molar-refractivity contribution < 1.29 is 18.4 Å². The molecule has 0 bridgehead atoms. The Hall–Kier alpha value is -3.54. The summed E-state index contributed by atoms with van der Waals surface area (Å²) in [5.41, 5.74) is 2.21. The number of benzene rings is 3. The fraction of sp³-hybridized carbons (Fsp3) is 0.310. The second-order valence-corrected chi connectivity index (χ2v) is 9.04. The summed E-state index contributed by atoms with van der Waals surface area (Å²) in [7, 11) is 0. The summed E-state index contributed by atoms with van der Waals surface area (Å²) in [5.74, 6) is -2.28. The normalized spacial score (nSPS) is 15.0. The third-order valence-electron chi connectivity index (χ3n) is 6.63. The number of nitrogens with zero attached hydrogens (tertiary/aromatic N) is 1. The van der Waals surface area contributed by atoms with Crippen LogP contribution in [0.1, 0.15) is 53.2 Å². The molecule has 1 N–H and O–H groups in total. The van der Waals surface area contributed by atoms with Gasteiger partial charge in [-0.05, 0) is 55.4 Å². The van der Waals surface area contributed by atoms with Crippen molar-refractivity contribution in [2.75, 3.05) is 13.1 Å². The average molecular weight is 477 g/mol. The average Bonchev–Trinajstić information content (AvgIpc) is 2.89. The number of amides is 2. The van der Waals surface area contributed by atoms with E-state index in [1.807, 2.05) is 48.5 Å². The quantitative estimate of drug-likeness (QED) is 0.454. The first-order valence-corrected chi connectivity index (χ1v) is 12.1. The summed E-state index contributed by atoms with van der Waals surface area (Å²) in [6.07, 6.45) is 3.73. The Morgan fingerprint density at radius 1 is 0.914 bits per heavy atom. The van der Waals surface area contributed by atoms with E-state index in [1.54, 1.807) is 0 Å². The zero-order valence-electron chi connectivity index (χ0n) is 19.6. The van der Waals surface area contributed by atoms with E-state index in [9.17, 15) is 18.4 Å². The van der Waals surface area contributed by atoms with Crippen molar-refractivity contribution in [3.05, 3.63) is 107 Å². The standard InChI is InChI=1S/C29H30F2N2O2/c30-24-14-15-25(26(31)20-24)29(35)33-18-16-23(17-19-33)28(34)32-27(22-11-5-2-6-12-22)13-7-10-21-8-3-1-4-9-21/h1-6,8-9,11-12,14-15,20,23,27H,7,10,13,16-19H2,(H,32,34). The van der Waals surface area contributed by atoms with Gasteiger partial charge in [0.05, 0.1) is 11.6 Å². The molecule has 1 heterocycles. The molecule has 1 fully saturated rings. The van der Waals surface area contributed by atoms with Gasteiger partial charge in [0.15, 0.2) is 0 Å². The molecular weight excluding hydrogens is 446 g/mol. The fourth-order valence-corrected chi connectivity index (χ4v) is 4.63. The lowest BCUT2D eigenvalue weighted by molar-refractivity contribution is -0.127. The number of rotatable bonds is 8. The van der Waals surface area contributed by atoms with Crippen LogP contribution in [0.5, 0.6) is 0 Å². The lowest BCUT2D eigenvalue weighted by atomic mass is 9.93. The molecule has 0 aliphatic carbocycles. The van der Waals surface area contributed by atoms with Gasteiger partial charge in [0, 0.05) is 25.1 Å². The van der Waals surface area contributed by atoms with Crippen LogP contribution in [0.4, 0.5) is 8.78 Å². The van der Waals surface area contributed by atoms with Crippen LogP contribution in [0.3, 0.4) is 0 Å². The number of carbonyl (C=O) groups is 2. The minimum absolute atomic E-state index is 0.0152. The Morgan fingerprint density at radius 3 is 2.23 bits per heavy atom. The monoisotopic (exact) mass is 476 g/mol. The SMILES string of the molecule is O=C(NC(CCCc1ccccc1)c1ccccc1)C1CCN(C(=O)c2ccc(F)cc2F)CC1. The van der Waals surface area contributed by atoms with Crippen molar-refractivity contribution in [3.63, 3.8) is 0 Å². The summed E-state index contributed by atoms with van der Waals surface area (Å²) in [4.78, 5) is 27.3. The molecule has 1 saturated heterocycles. The van der Waals surface area contributed by atoms with Gasteiger partial charge in [-0.1, -0.05) is 60.7 Å². The smallest absolute Gasteiger partial charge is 0.256 e. The van der Waals surface area contributed by atoms with Gasteiger partial charge < -0.3 is 10.2 Å². The third kappa shape index (κ3) is 6.53. The summed E-state index contributed by atoms with van der Waals surface area (Å²) in [6.45, 7) is 0.718. The maximum Gasteiger partial charge on any atom is 0.256 e. The largest absolute Gasteiger partial charge is 0.349 e. The number of hydrogen-bond donors (Lipinski definition) is 1. The van der Waals surface area contributed by atoms with E-state index in [1.165, 1.54) is 16.5 Å². The Balaban J connectivity index is 1.33. The van der Waals surface area contributed by atoms with Gasteiger partial charge in [-0.15, -0.1) is 0 Å². The number of hydrogen-bond acceptors (Lipinski definition) is 2. The van der Waals surface area contributed by atoms with Gasteiger partial charge in [0.25, 0.3) is 5.91 Å². The minimum Gasteiger partial charge on any atom is -0.349 e. The number of nitrogens with one attached hydrogen (secondary N) is 1. The van der Waals surface area contributed by atoms with E-state index < -0.39 is 17.5 Å². The number of aryl methyl sites for hydroxylation is 1. The van der Waals surface area contributed by atoms with E-state index in [4.69, 9.17) is 0 Å². The Kier molecular flexibility index (Phi) is 8.24. The fourth-order valence-electron chi connectivity index (χ4n) is 4.63. The van der Waals surface area contributed by atoms with Crippen molar-refractivity contribution in [1.82, 2.24) is 10.2 Å². The Morgan fingerprint density at radius 2 is 1.57 bits per heavy atom. The third-order valence-corrected chi connectivity index (χ3v) is 6.63. The van der Waals surface area contributed by atoms with E-state index in [0.717, 1.165) is 37.0 Å². The topological polar surface area (TPSA) is 49.4 Å². The molecule has 2 amide bonds. The zero-order chi connectivity index (χ0) is 24.6. The molecule has 35 heavy (non-hydrogen) atoms. The molecule has 0 saturated carbocycles. The number of piperidine rings is 1. The van der Waals surface area contributed by atoms with Crippen LogP contribution in [-0.4, -0.2) is 29.8 Å². The molecule has 182 valence electrons. The summed E-state index contributed by atoms with van der Waals surface area (Å²) in [6, 6.07) is 23.2. The van der Waals surface area contributed by atoms with E-state index >= 15 is 0 Å². The lowest BCUT2D eigenvalue weighted by Crippen LogP contribution is -2.44. The van der Waals surface area contributed by atoms with Crippen LogP contribution >= 0.6 is 0 Å². The Labute approximate surface area is 205 Å².